The molecule has 0 radical (unpaired) electrons. The highest BCUT2D eigenvalue weighted by molar-refractivity contribution is 7.99. The number of benzene rings is 2. The van der Waals surface area contributed by atoms with Gasteiger partial charge in [-0.15, -0.1) is 10.2 Å². The van der Waals surface area contributed by atoms with E-state index in [0.717, 1.165) is 22.4 Å². The minimum Gasteiger partial charge on any atom is -0.461 e. The number of carbonyl (C=O) groups is 1. The third-order valence-electron chi connectivity index (χ3n) is 4.64. The second-order valence-corrected chi connectivity index (χ2v) is 7.95. The van der Waals surface area contributed by atoms with Crippen LogP contribution in [0.25, 0.3) is 11.6 Å². The first-order valence-electron chi connectivity index (χ1n) is 9.61. The first-order valence-corrected chi connectivity index (χ1v) is 10.6. The molecule has 6 nitrogen and oxygen atoms in total. The summed E-state index contributed by atoms with van der Waals surface area (Å²) in [6.07, 6.45) is 1.61. The summed E-state index contributed by atoms with van der Waals surface area (Å²) in [7, 11) is 0. The van der Waals surface area contributed by atoms with Crippen molar-refractivity contribution in [3.05, 3.63) is 83.6 Å². The van der Waals surface area contributed by atoms with Crippen molar-refractivity contribution in [2.24, 2.45) is 0 Å². The highest BCUT2D eigenvalue weighted by atomic mass is 32.2. The Balaban J connectivity index is 1.52. The summed E-state index contributed by atoms with van der Waals surface area (Å²) in [5, 5.41) is 12.3. The van der Waals surface area contributed by atoms with Crippen LogP contribution in [0.4, 0.5) is 5.69 Å². The lowest BCUT2D eigenvalue weighted by Crippen LogP contribution is -2.15. The standard InChI is InChI=1S/C23H22N4O2S/c1-16-10-11-17(2)19(13-16)24-21(28)15-30-23-26-25-22(20-9-6-12-29-20)27(23)14-18-7-4-3-5-8-18/h3-13H,14-15H2,1-2H3,(H,24,28). The highest BCUT2D eigenvalue weighted by Crippen LogP contribution is 2.26. The Morgan fingerprint density at radius 2 is 1.90 bits per heavy atom. The van der Waals surface area contributed by atoms with Crippen LogP contribution in [0.2, 0.25) is 0 Å². The smallest absolute Gasteiger partial charge is 0.234 e. The van der Waals surface area contributed by atoms with E-state index in [-0.39, 0.29) is 11.7 Å². The number of carbonyl (C=O) groups excluding carboxylic acids is 1. The predicted molar refractivity (Wildman–Crippen MR) is 119 cm³/mol. The Kier molecular flexibility index (Phi) is 5.99. The topological polar surface area (TPSA) is 73.0 Å². The molecule has 2 aromatic carbocycles. The fourth-order valence-electron chi connectivity index (χ4n) is 3.08. The van der Waals surface area contributed by atoms with Crippen LogP contribution in [0.15, 0.2) is 76.5 Å². The monoisotopic (exact) mass is 418 g/mol. The highest BCUT2D eigenvalue weighted by Gasteiger charge is 2.18. The number of anilines is 1. The van der Waals surface area contributed by atoms with Gasteiger partial charge in [-0.1, -0.05) is 54.2 Å². The maximum Gasteiger partial charge on any atom is 0.234 e. The summed E-state index contributed by atoms with van der Waals surface area (Å²) in [5.74, 6) is 1.44. The lowest BCUT2D eigenvalue weighted by molar-refractivity contribution is -0.113. The van der Waals surface area contributed by atoms with Gasteiger partial charge in [0.25, 0.3) is 0 Å². The lowest BCUT2D eigenvalue weighted by atomic mass is 10.1. The Morgan fingerprint density at radius 1 is 1.07 bits per heavy atom. The van der Waals surface area contributed by atoms with Gasteiger partial charge in [0.1, 0.15) is 0 Å². The van der Waals surface area contributed by atoms with Crippen LogP contribution in [0.1, 0.15) is 16.7 Å². The molecule has 0 fully saturated rings. The summed E-state index contributed by atoms with van der Waals surface area (Å²) >= 11 is 1.36. The fraction of sp³-hybridized carbons (Fsp3) is 0.174. The van der Waals surface area contributed by atoms with Crippen molar-refractivity contribution in [1.82, 2.24) is 14.8 Å². The van der Waals surface area contributed by atoms with E-state index in [1.807, 2.05) is 79.1 Å². The second kappa shape index (κ2) is 9.00. The number of furan rings is 1. The molecule has 0 saturated heterocycles. The number of nitrogens with one attached hydrogen (secondary N) is 1. The van der Waals surface area contributed by atoms with Gasteiger partial charge in [-0.2, -0.15) is 0 Å². The molecule has 0 spiro atoms. The average molecular weight is 419 g/mol. The van der Waals surface area contributed by atoms with Gasteiger partial charge in [-0.25, -0.2) is 0 Å². The molecule has 0 aliphatic rings. The Morgan fingerprint density at radius 3 is 2.67 bits per heavy atom. The normalized spacial score (nSPS) is 10.9. The second-order valence-electron chi connectivity index (χ2n) is 7.01. The molecular formula is C23H22N4O2S. The summed E-state index contributed by atoms with van der Waals surface area (Å²) in [6, 6.07) is 19.8. The van der Waals surface area contributed by atoms with Crippen molar-refractivity contribution in [2.75, 3.05) is 11.1 Å². The number of thioether (sulfide) groups is 1. The van der Waals surface area contributed by atoms with Gasteiger partial charge in [-0.05, 0) is 48.7 Å². The van der Waals surface area contributed by atoms with Crippen molar-refractivity contribution < 1.29 is 9.21 Å². The van der Waals surface area contributed by atoms with Gasteiger partial charge < -0.3 is 9.73 Å². The van der Waals surface area contributed by atoms with Gasteiger partial charge in [0.2, 0.25) is 11.7 Å². The third-order valence-corrected chi connectivity index (χ3v) is 5.61. The number of amides is 1. The molecule has 152 valence electrons. The molecule has 1 amide bonds. The van der Waals surface area contributed by atoms with Gasteiger partial charge in [0, 0.05) is 5.69 Å². The minimum atomic E-state index is -0.0810. The predicted octanol–water partition coefficient (Wildman–Crippen LogP) is 4.93. The molecular weight excluding hydrogens is 396 g/mol. The first kappa shape index (κ1) is 20.0. The Labute approximate surface area is 179 Å². The zero-order valence-electron chi connectivity index (χ0n) is 16.8. The van der Waals surface area contributed by atoms with Gasteiger partial charge in [0.05, 0.1) is 18.6 Å². The first-order chi connectivity index (χ1) is 14.6. The van der Waals surface area contributed by atoms with Gasteiger partial charge in [0.15, 0.2) is 10.9 Å². The summed E-state index contributed by atoms with van der Waals surface area (Å²) < 4.78 is 7.50. The van der Waals surface area contributed by atoms with Crippen molar-refractivity contribution in [2.45, 2.75) is 25.5 Å². The quantitative estimate of drug-likeness (QED) is 0.431. The molecule has 1 N–H and O–H groups in total. The van der Waals surface area contributed by atoms with Gasteiger partial charge in [-0.3, -0.25) is 9.36 Å². The van der Waals surface area contributed by atoms with E-state index in [0.29, 0.717) is 23.3 Å². The van der Waals surface area contributed by atoms with Crippen molar-refractivity contribution >= 4 is 23.4 Å². The van der Waals surface area contributed by atoms with Crippen LogP contribution in [0.3, 0.4) is 0 Å². The van der Waals surface area contributed by atoms with E-state index in [4.69, 9.17) is 4.42 Å². The molecule has 7 heteroatoms. The summed E-state index contributed by atoms with van der Waals surface area (Å²) in [6.45, 7) is 4.57. The van der Waals surface area contributed by atoms with E-state index in [1.54, 1.807) is 6.26 Å². The minimum absolute atomic E-state index is 0.0810. The van der Waals surface area contributed by atoms with Crippen LogP contribution in [0.5, 0.6) is 0 Å². The Bertz CT molecular complexity index is 1140. The summed E-state index contributed by atoms with van der Waals surface area (Å²) in [5.41, 5.74) is 4.09. The number of nitrogens with zero attached hydrogens (tertiary/aromatic N) is 3. The van der Waals surface area contributed by atoms with Crippen LogP contribution in [0, 0.1) is 13.8 Å². The maximum absolute atomic E-state index is 12.5. The van der Waals surface area contributed by atoms with E-state index in [9.17, 15) is 4.79 Å². The average Bonchev–Trinajstić information content (AvgIpc) is 3.40. The number of hydrogen-bond acceptors (Lipinski definition) is 5. The lowest BCUT2D eigenvalue weighted by Gasteiger charge is -2.11. The number of hydrogen-bond donors (Lipinski definition) is 1. The van der Waals surface area contributed by atoms with Crippen LogP contribution in [-0.4, -0.2) is 26.4 Å². The molecule has 0 aliphatic carbocycles. The van der Waals surface area contributed by atoms with Gasteiger partial charge >= 0.3 is 0 Å². The van der Waals surface area contributed by atoms with E-state index in [2.05, 4.69) is 15.5 Å². The molecule has 30 heavy (non-hydrogen) atoms. The SMILES string of the molecule is Cc1ccc(C)c(NC(=O)CSc2nnc(-c3ccco3)n2Cc2ccccc2)c1. The van der Waals surface area contributed by atoms with Crippen LogP contribution < -0.4 is 5.32 Å². The molecule has 2 heterocycles. The van der Waals surface area contributed by atoms with Crippen molar-refractivity contribution in [3.63, 3.8) is 0 Å². The number of aromatic nitrogens is 3. The van der Waals surface area contributed by atoms with E-state index < -0.39 is 0 Å². The summed E-state index contributed by atoms with van der Waals surface area (Å²) in [4.78, 5) is 12.5. The van der Waals surface area contributed by atoms with E-state index >= 15 is 0 Å². The molecule has 0 unspecified atom stereocenters. The molecule has 0 bridgehead atoms. The van der Waals surface area contributed by atoms with E-state index in [1.165, 1.54) is 11.8 Å². The fourth-order valence-corrected chi connectivity index (χ4v) is 3.82. The zero-order valence-corrected chi connectivity index (χ0v) is 17.6. The van der Waals surface area contributed by atoms with Crippen LogP contribution >= 0.6 is 11.8 Å². The molecule has 4 aromatic rings. The molecule has 2 aromatic heterocycles. The number of aryl methyl sites for hydroxylation is 2. The van der Waals surface area contributed by atoms with Crippen LogP contribution in [-0.2, 0) is 11.3 Å². The van der Waals surface area contributed by atoms with Crippen molar-refractivity contribution in [1.29, 1.82) is 0 Å². The number of rotatable bonds is 7. The van der Waals surface area contributed by atoms with Crippen molar-refractivity contribution in [3.8, 4) is 11.6 Å². The Hall–Kier alpha value is -3.32. The molecule has 0 atom stereocenters. The molecule has 0 saturated carbocycles. The maximum atomic E-state index is 12.5. The molecule has 0 aliphatic heterocycles. The zero-order chi connectivity index (χ0) is 20.9. The largest absolute Gasteiger partial charge is 0.461 e. The molecule has 4 rings (SSSR count). The third kappa shape index (κ3) is 4.63.